The number of urea groups is 1. The summed E-state index contributed by atoms with van der Waals surface area (Å²) >= 11 is 0. The molecule has 0 unspecified atom stereocenters. The Morgan fingerprint density at radius 1 is 1.14 bits per heavy atom. The van der Waals surface area contributed by atoms with Crippen LogP contribution in [0.1, 0.15) is 25.5 Å². The van der Waals surface area contributed by atoms with Gasteiger partial charge in [-0.05, 0) is 56.2 Å². The third-order valence-electron chi connectivity index (χ3n) is 6.63. The molecule has 1 saturated carbocycles. The minimum absolute atomic E-state index is 0.0819. The van der Waals surface area contributed by atoms with Crippen molar-refractivity contribution in [2.24, 2.45) is 0 Å². The Bertz CT molecular complexity index is 1410. The molecule has 194 valence electrons. The Kier molecular flexibility index (Phi) is 6.54. The number of halogens is 1. The third kappa shape index (κ3) is 5.25. The maximum absolute atomic E-state index is 13.0. The van der Waals surface area contributed by atoms with Gasteiger partial charge in [0.1, 0.15) is 22.2 Å². The molecule has 5 rings (SSSR count). The van der Waals surface area contributed by atoms with Crippen molar-refractivity contribution in [1.29, 1.82) is 0 Å². The minimum atomic E-state index is -3.37. The summed E-state index contributed by atoms with van der Waals surface area (Å²) in [5.41, 5.74) is 1.69. The fraction of sp³-hybridized carbons (Fsp3) is 0.360. The van der Waals surface area contributed by atoms with Crippen LogP contribution in [0.3, 0.4) is 0 Å². The van der Waals surface area contributed by atoms with Gasteiger partial charge in [0.05, 0.1) is 31.1 Å². The number of carbonyl (C=O) groups excluding carboxylic acids is 1. The smallest absolute Gasteiger partial charge is 0.324 e. The van der Waals surface area contributed by atoms with Crippen molar-refractivity contribution in [1.82, 2.24) is 15.0 Å². The van der Waals surface area contributed by atoms with Crippen molar-refractivity contribution in [3.05, 3.63) is 60.2 Å². The number of rotatable bonds is 6. The molecule has 0 spiro atoms. The number of pyridine rings is 1. The van der Waals surface area contributed by atoms with Gasteiger partial charge >= 0.3 is 6.03 Å². The van der Waals surface area contributed by atoms with Crippen molar-refractivity contribution in [2.75, 3.05) is 41.5 Å². The lowest BCUT2D eigenvalue weighted by Gasteiger charge is -2.34. The zero-order valence-corrected chi connectivity index (χ0v) is 21.3. The lowest BCUT2D eigenvalue weighted by atomic mass is 10.1. The van der Waals surface area contributed by atoms with Gasteiger partial charge in [-0.3, -0.25) is 5.32 Å². The minimum Gasteiger partial charge on any atom is -0.377 e. The highest BCUT2D eigenvalue weighted by atomic mass is 32.2. The Morgan fingerprint density at radius 2 is 1.89 bits per heavy atom. The van der Waals surface area contributed by atoms with E-state index in [9.17, 15) is 17.6 Å². The van der Waals surface area contributed by atoms with Crippen molar-refractivity contribution in [2.45, 2.75) is 30.6 Å². The number of sulfone groups is 1. The number of benzene rings is 1. The molecule has 0 radical (unpaired) electrons. The van der Waals surface area contributed by atoms with E-state index in [-0.39, 0.29) is 11.9 Å². The van der Waals surface area contributed by atoms with Crippen LogP contribution in [0.25, 0.3) is 11.4 Å². The molecule has 1 atom stereocenters. The van der Waals surface area contributed by atoms with Crippen molar-refractivity contribution < 1.29 is 22.3 Å². The van der Waals surface area contributed by atoms with Gasteiger partial charge in [0, 0.05) is 30.1 Å². The number of carbonyl (C=O) groups is 1. The van der Waals surface area contributed by atoms with Crippen molar-refractivity contribution in [3.63, 3.8) is 0 Å². The molecule has 2 fully saturated rings. The summed E-state index contributed by atoms with van der Waals surface area (Å²) in [7, 11) is -3.37. The highest BCUT2D eigenvalue weighted by Gasteiger charge is 2.55. The molecule has 2 N–H and O–H groups in total. The highest BCUT2D eigenvalue weighted by molar-refractivity contribution is 7.91. The van der Waals surface area contributed by atoms with Crippen LogP contribution in [-0.2, 0) is 19.3 Å². The monoisotopic (exact) mass is 526 g/mol. The van der Waals surface area contributed by atoms with Gasteiger partial charge < -0.3 is 15.0 Å². The summed E-state index contributed by atoms with van der Waals surface area (Å²) in [5.74, 6) is 0.792. The van der Waals surface area contributed by atoms with Gasteiger partial charge in [-0.15, -0.1) is 0 Å². The van der Waals surface area contributed by atoms with Gasteiger partial charge in [0.2, 0.25) is 0 Å². The van der Waals surface area contributed by atoms with E-state index < -0.39 is 26.4 Å². The zero-order valence-electron chi connectivity index (χ0n) is 20.4. The SMILES string of the molecule is C[C@H]1COCCN1c1cc(C2(S(C)(=O)=O)CC2)nc(-c2ccc(NC(=O)Nc3ccc(F)cn3)cc2)n1. The molecule has 2 aliphatic rings. The average Bonchev–Trinajstić information content (AvgIpc) is 3.69. The van der Waals surface area contributed by atoms with Crippen LogP contribution >= 0.6 is 0 Å². The topological polar surface area (TPSA) is 126 Å². The van der Waals surface area contributed by atoms with E-state index in [1.54, 1.807) is 30.3 Å². The van der Waals surface area contributed by atoms with Crippen LogP contribution in [0.5, 0.6) is 0 Å². The highest BCUT2D eigenvalue weighted by Crippen LogP contribution is 2.52. The van der Waals surface area contributed by atoms with Gasteiger partial charge in [-0.1, -0.05) is 0 Å². The number of anilines is 3. The van der Waals surface area contributed by atoms with E-state index in [0.29, 0.717) is 61.2 Å². The van der Waals surface area contributed by atoms with Crippen LogP contribution in [0.4, 0.5) is 26.5 Å². The first-order valence-electron chi connectivity index (χ1n) is 11.9. The number of nitrogens with zero attached hydrogens (tertiary/aromatic N) is 4. The molecule has 0 bridgehead atoms. The number of ether oxygens (including phenoxy) is 1. The molecular formula is C25H27FN6O4S. The summed E-state index contributed by atoms with van der Waals surface area (Å²) in [4.78, 5) is 27.7. The Morgan fingerprint density at radius 3 is 2.51 bits per heavy atom. The molecule has 1 aliphatic carbocycles. The molecule has 1 aliphatic heterocycles. The molecule has 2 amide bonds. The Balaban J connectivity index is 1.41. The van der Waals surface area contributed by atoms with E-state index in [0.717, 1.165) is 6.20 Å². The predicted molar refractivity (Wildman–Crippen MR) is 138 cm³/mol. The summed E-state index contributed by atoms with van der Waals surface area (Å²) in [6.45, 7) is 3.80. The standard InChI is InChI=1S/C25H27FN6O4S/c1-16-15-36-12-11-32(16)22-13-20(25(9-10-25)37(2,34)35)29-23(31-22)17-3-6-19(7-4-17)28-24(33)30-21-8-5-18(26)14-27-21/h3-8,13-14,16H,9-12,15H2,1-2H3,(H2,27,28,30,33)/t16-/m0/s1. The quantitative estimate of drug-likeness (QED) is 0.499. The second-order valence-corrected chi connectivity index (χ2v) is 11.7. The number of aromatic nitrogens is 3. The number of hydrogen-bond donors (Lipinski definition) is 2. The lowest BCUT2D eigenvalue weighted by Crippen LogP contribution is -2.44. The number of hydrogen-bond acceptors (Lipinski definition) is 8. The molecule has 10 nitrogen and oxygen atoms in total. The van der Waals surface area contributed by atoms with Crippen LogP contribution < -0.4 is 15.5 Å². The lowest BCUT2D eigenvalue weighted by molar-refractivity contribution is 0.0985. The first kappa shape index (κ1) is 25.0. The Labute approximate surface area is 214 Å². The van der Waals surface area contributed by atoms with Gasteiger partial charge in [0.15, 0.2) is 15.7 Å². The molecule has 3 heterocycles. The fourth-order valence-electron chi connectivity index (χ4n) is 4.37. The zero-order chi connectivity index (χ0) is 26.2. The van der Waals surface area contributed by atoms with Gasteiger partial charge in [-0.2, -0.15) is 0 Å². The fourth-order valence-corrected chi connectivity index (χ4v) is 5.70. The van der Waals surface area contributed by atoms with Gasteiger partial charge in [-0.25, -0.2) is 32.6 Å². The van der Waals surface area contributed by atoms with E-state index in [4.69, 9.17) is 14.7 Å². The number of morpholine rings is 1. The molecular weight excluding hydrogens is 499 g/mol. The van der Waals surface area contributed by atoms with E-state index in [2.05, 4.69) is 20.5 Å². The number of nitrogens with one attached hydrogen (secondary N) is 2. The Hall–Kier alpha value is -3.64. The molecule has 3 aromatic rings. The second kappa shape index (κ2) is 9.67. The molecule has 12 heteroatoms. The maximum Gasteiger partial charge on any atom is 0.324 e. The molecule has 37 heavy (non-hydrogen) atoms. The molecule has 1 aromatic carbocycles. The summed E-state index contributed by atoms with van der Waals surface area (Å²) < 4.78 is 42.9. The first-order valence-corrected chi connectivity index (χ1v) is 13.8. The van der Waals surface area contributed by atoms with Gasteiger partial charge in [0.25, 0.3) is 0 Å². The second-order valence-electron chi connectivity index (χ2n) is 9.34. The van der Waals surface area contributed by atoms with Crippen molar-refractivity contribution >= 4 is 33.2 Å². The summed E-state index contributed by atoms with van der Waals surface area (Å²) in [6, 6.07) is 10.8. The summed E-state index contributed by atoms with van der Waals surface area (Å²) in [6.07, 6.45) is 3.33. The van der Waals surface area contributed by atoms with Crippen LogP contribution in [0.15, 0.2) is 48.7 Å². The van der Waals surface area contributed by atoms with Crippen LogP contribution in [-0.4, -0.2) is 61.5 Å². The predicted octanol–water partition coefficient (Wildman–Crippen LogP) is 3.58. The van der Waals surface area contributed by atoms with Crippen LogP contribution in [0.2, 0.25) is 0 Å². The number of amides is 2. The third-order valence-corrected chi connectivity index (χ3v) is 8.66. The average molecular weight is 527 g/mol. The van der Waals surface area contributed by atoms with E-state index in [1.807, 2.05) is 6.92 Å². The maximum atomic E-state index is 13.0. The molecule has 2 aromatic heterocycles. The normalized spacial score (nSPS) is 18.8. The largest absolute Gasteiger partial charge is 0.377 e. The molecule has 1 saturated heterocycles. The van der Waals surface area contributed by atoms with E-state index >= 15 is 0 Å². The van der Waals surface area contributed by atoms with Crippen LogP contribution in [0, 0.1) is 5.82 Å². The first-order chi connectivity index (χ1) is 17.6. The summed E-state index contributed by atoms with van der Waals surface area (Å²) in [5, 5.41) is 5.22. The van der Waals surface area contributed by atoms with E-state index in [1.165, 1.54) is 18.4 Å². The van der Waals surface area contributed by atoms with Crippen molar-refractivity contribution in [3.8, 4) is 11.4 Å².